The molecular formula is C24H22BrN3O7. The van der Waals surface area contributed by atoms with Gasteiger partial charge in [0.15, 0.2) is 11.5 Å². The molecule has 0 spiro atoms. The van der Waals surface area contributed by atoms with Crippen LogP contribution in [0.25, 0.3) is 6.08 Å². The van der Waals surface area contributed by atoms with E-state index in [-0.39, 0.29) is 24.0 Å². The molecule has 2 aliphatic heterocycles. The van der Waals surface area contributed by atoms with Crippen molar-refractivity contribution in [2.45, 2.75) is 13.3 Å². The molecule has 0 unspecified atom stereocenters. The summed E-state index contributed by atoms with van der Waals surface area (Å²) in [6.45, 7) is 1.82. The zero-order valence-electron chi connectivity index (χ0n) is 19.2. The second kappa shape index (κ2) is 9.79. The minimum atomic E-state index is -0.847. The highest BCUT2D eigenvalue weighted by Crippen LogP contribution is 2.46. The summed E-state index contributed by atoms with van der Waals surface area (Å²) in [7, 11) is 3.11. The maximum atomic E-state index is 13.4. The van der Waals surface area contributed by atoms with Crippen molar-refractivity contribution in [1.29, 1.82) is 0 Å². The number of ether oxygens (including phenoxy) is 3. The Morgan fingerprint density at radius 3 is 2.60 bits per heavy atom. The number of hydrogen-bond donors (Lipinski definition) is 1. The van der Waals surface area contributed by atoms with Gasteiger partial charge in [0, 0.05) is 30.6 Å². The molecule has 35 heavy (non-hydrogen) atoms. The van der Waals surface area contributed by atoms with Crippen LogP contribution in [0.4, 0.5) is 10.5 Å². The molecule has 0 aromatic heterocycles. The van der Waals surface area contributed by atoms with Gasteiger partial charge in [-0.05, 0) is 48.4 Å². The zero-order chi connectivity index (χ0) is 25.3. The quantitative estimate of drug-likeness (QED) is 0.440. The largest absolute Gasteiger partial charge is 0.492 e. The third-order valence-electron chi connectivity index (χ3n) is 5.68. The van der Waals surface area contributed by atoms with E-state index < -0.39 is 17.8 Å². The lowest BCUT2D eigenvalue weighted by Crippen LogP contribution is -2.54. The molecule has 2 aliphatic rings. The molecule has 5 amide bonds. The van der Waals surface area contributed by atoms with E-state index in [0.717, 1.165) is 9.37 Å². The summed E-state index contributed by atoms with van der Waals surface area (Å²) in [6.07, 6.45) is 1.76. The van der Waals surface area contributed by atoms with Crippen LogP contribution in [0.2, 0.25) is 0 Å². The lowest BCUT2D eigenvalue weighted by Gasteiger charge is -2.26. The molecule has 2 aromatic carbocycles. The SMILES string of the molecule is COc1c(/C=C2/C(=O)NC(=O)N(c3ccc(Br)cc3)C2=O)c(CCN(C)C(C)=O)cc2c1OCO2. The van der Waals surface area contributed by atoms with Crippen LogP contribution in [0.1, 0.15) is 18.1 Å². The van der Waals surface area contributed by atoms with Crippen molar-refractivity contribution in [3.63, 3.8) is 0 Å². The van der Waals surface area contributed by atoms with E-state index >= 15 is 0 Å². The first-order valence-electron chi connectivity index (χ1n) is 10.6. The summed E-state index contributed by atoms with van der Waals surface area (Å²) in [6, 6.07) is 7.41. The Bertz CT molecular complexity index is 1260. The maximum absolute atomic E-state index is 13.4. The monoisotopic (exact) mass is 543 g/mol. The van der Waals surface area contributed by atoms with Crippen molar-refractivity contribution in [3.8, 4) is 17.2 Å². The van der Waals surface area contributed by atoms with E-state index in [1.54, 1.807) is 42.3 Å². The predicted molar refractivity (Wildman–Crippen MR) is 129 cm³/mol. The number of imide groups is 2. The number of benzene rings is 2. The summed E-state index contributed by atoms with van der Waals surface area (Å²) < 4.78 is 17.4. The second-order valence-electron chi connectivity index (χ2n) is 7.84. The van der Waals surface area contributed by atoms with Gasteiger partial charge in [0.1, 0.15) is 5.57 Å². The van der Waals surface area contributed by atoms with Crippen LogP contribution in [0.15, 0.2) is 40.4 Å². The number of halogens is 1. The van der Waals surface area contributed by atoms with E-state index in [9.17, 15) is 19.2 Å². The van der Waals surface area contributed by atoms with Gasteiger partial charge in [-0.3, -0.25) is 19.7 Å². The number of urea groups is 1. The van der Waals surface area contributed by atoms with Crippen molar-refractivity contribution < 1.29 is 33.4 Å². The number of hydrogen-bond acceptors (Lipinski definition) is 7. The molecule has 2 aromatic rings. The fourth-order valence-corrected chi connectivity index (χ4v) is 3.98. The molecule has 0 aliphatic carbocycles. The summed E-state index contributed by atoms with van der Waals surface area (Å²) in [5.74, 6) is -0.653. The van der Waals surface area contributed by atoms with Crippen LogP contribution in [-0.2, 0) is 20.8 Å². The highest BCUT2D eigenvalue weighted by atomic mass is 79.9. The Labute approximate surface area is 209 Å². The fourth-order valence-electron chi connectivity index (χ4n) is 3.72. The molecule has 1 N–H and O–H groups in total. The van der Waals surface area contributed by atoms with Crippen LogP contribution in [0.3, 0.4) is 0 Å². The van der Waals surface area contributed by atoms with Crippen LogP contribution >= 0.6 is 15.9 Å². The van der Waals surface area contributed by atoms with Gasteiger partial charge >= 0.3 is 6.03 Å². The van der Waals surface area contributed by atoms with E-state index in [2.05, 4.69) is 21.2 Å². The molecular weight excluding hydrogens is 522 g/mol. The second-order valence-corrected chi connectivity index (χ2v) is 8.76. The first kappa shape index (κ1) is 24.3. The first-order chi connectivity index (χ1) is 16.7. The Hall–Kier alpha value is -3.86. The lowest BCUT2D eigenvalue weighted by molar-refractivity contribution is -0.127. The number of carbonyl (C=O) groups is 4. The average Bonchev–Trinajstić information content (AvgIpc) is 3.29. The van der Waals surface area contributed by atoms with Gasteiger partial charge in [-0.15, -0.1) is 0 Å². The highest BCUT2D eigenvalue weighted by Gasteiger charge is 2.37. The molecule has 0 radical (unpaired) electrons. The third-order valence-corrected chi connectivity index (χ3v) is 6.21. The normalized spacial score (nSPS) is 15.9. The number of nitrogens with zero attached hydrogens (tertiary/aromatic N) is 2. The fraction of sp³-hybridized carbons (Fsp3) is 0.250. The summed E-state index contributed by atoms with van der Waals surface area (Å²) in [4.78, 5) is 52.7. The number of amides is 5. The molecule has 2 heterocycles. The summed E-state index contributed by atoms with van der Waals surface area (Å²) in [5, 5.41) is 2.22. The van der Waals surface area contributed by atoms with Crippen LogP contribution in [0, 0.1) is 0 Å². The molecule has 4 rings (SSSR count). The average molecular weight is 544 g/mol. The molecule has 0 atom stereocenters. The predicted octanol–water partition coefficient (Wildman–Crippen LogP) is 2.87. The Morgan fingerprint density at radius 1 is 1.23 bits per heavy atom. The minimum absolute atomic E-state index is 0.0101. The minimum Gasteiger partial charge on any atom is -0.492 e. The van der Waals surface area contributed by atoms with E-state index in [0.29, 0.717) is 41.3 Å². The molecule has 1 fully saturated rings. The number of rotatable bonds is 6. The van der Waals surface area contributed by atoms with Gasteiger partial charge in [0.05, 0.1) is 12.8 Å². The van der Waals surface area contributed by atoms with Gasteiger partial charge in [0.25, 0.3) is 11.8 Å². The molecule has 0 bridgehead atoms. The molecule has 1 saturated heterocycles. The molecule has 0 saturated carbocycles. The van der Waals surface area contributed by atoms with Gasteiger partial charge in [0.2, 0.25) is 18.4 Å². The number of anilines is 1. The zero-order valence-corrected chi connectivity index (χ0v) is 20.8. The van der Waals surface area contributed by atoms with Crippen molar-refractivity contribution in [3.05, 3.63) is 51.5 Å². The van der Waals surface area contributed by atoms with Crippen molar-refractivity contribution in [1.82, 2.24) is 10.2 Å². The number of fused-ring (bicyclic) bond motifs is 1. The van der Waals surface area contributed by atoms with Crippen LogP contribution in [0.5, 0.6) is 17.2 Å². The van der Waals surface area contributed by atoms with Gasteiger partial charge < -0.3 is 19.1 Å². The van der Waals surface area contributed by atoms with Crippen molar-refractivity contribution in [2.75, 3.05) is 32.4 Å². The van der Waals surface area contributed by atoms with Crippen molar-refractivity contribution >= 4 is 51.4 Å². The topological polar surface area (TPSA) is 114 Å². The lowest BCUT2D eigenvalue weighted by atomic mass is 9.98. The Morgan fingerprint density at radius 2 is 1.94 bits per heavy atom. The first-order valence-corrected chi connectivity index (χ1v) is 11.4. The maximum Gasteiger partial charge on any atom is 0.335 e. The standard InChI is InChI=1S/C24H22BrN3O7/c1-13(29)27(2)9-8-14-10-19-21(35-12-34-19)20(33-3)17(14)11-18-22(30)26-24(32)28(23(18)31)16-6-4-15(25)5-7-16/h4-7,10-11H,8-9,12H2,1-3H3,(H,26,30,32)/b18-11-. The number of carbonyl (C=O) groups excluding carboxylic acids is 4. The number of methoxy groups -OCH3 is 1. The summed E-state index contributed by atoms with van der Waals surface area (Å²) in [5.41, 5.74) is 1.12. The van der Waals surface area contributed by atoms with Gasteiger partial charge in [-0.2, -0.15) is 0 Å². The Kier molecular flexibility index (Phi) is 6.79. The van der Waals surface area contributed by atoms with Crippen LogP contribution < -0.4 is 24.4 Å². The van der Waals surface area contributed by atoms with E-state index in [1.165, 1.54) is 20.1 Å². The number of likely N-dealkylation sites (N-methyl/N-ethyl adjacent to an activating group) is 1. The van der Waals surface area contributed by atoms with Gasteiger partial charge in [-0.1, -0.05) is 15.9 Å². The molecule has 11 heteroatoms. The van der Waals surface area contributed by atoms with Crippen LogP contribution in [-0.4, -0.2) is 56.1 Å². The number of barbiturate groups is 1. The Balaban J connectivity index is 1.80. The highest BCUT2D eigenvalue weighted by molar-refractivity contribution is 9.10. The van der Waals surface area contributed by atoms with E-state index in [1.807, 2.05) is 0 Å². The van der Waals surface area contributed by atoms with Crippen molar-refractivity contribution in [2.24, 2.45) is 0 Å². The summed E-state index contributed by atoms with van der Waals surface area (Å²) >= 11 is 3.32. The van der Waals surface area contributed by atoms with E-state index in [4.69, 9.17) is 14.2 Å². The van der Waals surface area contributed by atoms with Gasteiger partial charge in [-0.25, -0.2) is 9.69 Å². The third kappa shape index (κ3) is 4.72. The molecule has 10 nitrogen and oxygen atoms in total. The molecule has 182 valence electrons. The smallest absolute Gasteiger partial charge is 0.335 e. The number of nitrogens with one attached hydrogen (secondary N) is 1.